The first kappa shape index (κ1) is 15.2. The van der Waals surface area contributed by atoms with Crippen molar-refractivity contribution >= 4 is 11.9 Å². The standard InChI is InChI=1S/C15H21NO3/c1-10(2)9-16(11(3)4)14(17)12-6-5-7-13(8-12)15(18)19/h5-8,10-11H,9H2,1-4H3,(H,18,19). The number of hydrogen-bond acceptors (Lipinski definition) is 2. The van der Waals surface area contributed by atoms with Gasteiger partial charge in [-0.15, -0.1) is 0 Å². The van der Waals surface area contributed by atoms with Crippen molar-refractivity contribution in [2.75, 3.05) is 6.54 Å². The highest BCUT2D eigenvalue weighted by Crippen LogP contribution is 2.13. The van der Waals surface area contributed by atoms with Crippen LogP contribution in [0.5, 0.6) is 0 Å². The van der Waals surface area contributed by atoms with Crippen LogP contribution in [0.15, 0.2) is 24.3 Å². The number of carbonyl (C=O) groups is 2. The highest BCUT2D eigenvalue weighted by Gasteiger charge is 2.20. The van der Waals surface area contributed by atoms with Gasteiger partial charge in [-0.05, 0) is 38.0 Å². The molecular weight excluding hydrogens is 242 g/mol. The summed E-state index contributed by atoms with van der Waals surface area (Å²) in [7, 11) is 0. The maximum absolute atomic E-state index is 12.4. The van der Waals surface area contributed by atoms with Crippen LogP contribution in [0.1, 0.15) is 48.4 Å². The number of benzene rings is 1. The number of amides is 1. The topological polar surface area (TPSA) is 57.6 Å². The second-order valence-electron chi connectivity index (χ2n) is 5.33. The summed E-state index contributed by atoms with van der Waals surface area (Å²) in [4.78, 5) is 25.1. The summed E-state index contributed by atoms with van der Waals surface area (Å²) in [6, 6.07) is 6.26. The maximum Gasteiger partial charge on any atom is 0.335 e. The van der Waals surface area contributed by atoms with Crippen molar-refractivity contribution in [3.8, 4) is 0 Å². The summed E-state index contributed by atoms with van der Waals surface area (Å²) in [5.74, 6) is -0.768. The van der Waals surface area contributed by atoms with E-state index in [2.05, 4.69) is 13.8 Å². The van der Waals surface area contributed by atoms with Gasteiger partial charge in [-0.1, -0.05) is 19.9 Å². The first-order valence-corrected chi connectivity index (χ1v) is 6.47. The average Bonchev–Trinajstić information content (AvgIpc) is 2.34. The van der Waals surface area contributed by atoms with Crippen LogP contribution in [0, 0.1) is 5.92 Å². The Bertz CT molecular complexity index is 466. The lowest BCUT2D eigenvalue weighted by molar-refractivity contribution is 0.0682. The number of carbonyl (C=O) groups excluding carboxylic acids is 1. The molecule has 0 aliphatic heterocycles. The molecule has 0 heterocycles. The maximum atomic E-state index is 12.4. The minimum atomic E-state index is -1.02. The largest absolute Gasteiger partial charge is 0.478 e. The van der Waals surface area contributed by atoms with Crippen LogP contribution < -0.4 is 0 Å². The molecule has 4 nitrogen and oxygen atoms in total. The lowest BCUT2D eigenvalue weighted by atomic mass is 10.1. The van der Waals surface area contributed by atoms with Crippen LogP contribution in [-0.4, -0.2) is 34.5 Å². The van der Waals surface area contributed by atoms with Crippen molar-refractivity contribution in [2.24, 2.45) is 5.92 Å². The van der Waals surface area contributed by atoms with Gasteiger partial charge in [0.25, 0.3) is 5.91 Å². The van der Waals surface area contributed by atoms with Gasteiger partial charge in [0, 0.05) is 18.2 Å². The summed E-state index contributed by atoms with van der Waals surface area (Å²) < 4.78 is 0. The summed E-state index contributed by atoms with van der Waals surface area (Å²) in [5.41, 5.74) is 0.563. The minimum absolute atomic E-state index is 0.0865. The molecule has 1 amide bonds. The number of carboxylic acids is 1. The molecule has 0 aliphatic rings. The van der Waals surface area contributed by atoms with E-state index in [-0.39, 0.29) is 17.5 Å². The quantitative estimate of drug-likeness (QED) is 0.888. The van der Waals surface area contributed by atoms with Gasteiger partial charge in [0.2, 0.25) is 0 Å². The molecule has 0 atom stereocenters. The highest BCUT2D eigenvalue weighted by atomic mass is 16.4. The third kappa shape index (κ3) is 4.09. The molecule has 1 aromatic carbocycles. The van der Waals surface area contributed by atoms with E-state index in [0.717, 1.165) is 0 Å². The third-order valence-corrected chi connectivity index (χ3v) is 2.80. The number of aromatic carboxylic acids is 1. The lowest BCUT2D eigenvalue weighted by Crippen LogP contribution is -2.39. The predicted octanol–water partition coefficient (Wildman–Crippen LogP) is 2.89. The second-order valence-corrected chi connectivity index (χ2v) is 5.33. The molecule has 0 aromatic heterocycles. The van der Waals surface area contributed by atoms with E-state index in [1.54, 1.807) is 17.0 Å². The molecule has 1 rings (SSSR count). The van der Waals surface area contributed by atoms with Crippen molar-refractivity contribution in [2.45, 2.75) is 33.7 Å². The normalized spacial score (nSPS) is 10.8. The van der Waals surface area contributed by atoms with Crippen molar-refractivity contribution in [3.63, 3.8) is 0 Å². The molecule has 1 N–H and O–H groups in total. The summed E-state index contributed by atoms with van der Waals surface area (Å²) in [6.45, 7) is 8.68. The summed E-state index contributed by atoms with van der Waals surface area (Å²) in [5, 5.41) is 8.96. The molecule has 1 aromatic rings. The molecule has 4 heteroatoms. The molecule has 0 unspecified atom stereocenters. The zero-order chi connectivity index (χ0) is 14.6. The number of nitrogens with zero attached hydrogens (tertiary/aromatic N) is 1. The Morgan fingerprint density at radius 2 is 1.74 bits per heavy atom. The molecule has 104 valence electrons. The molecule has 0 saturated carbocycles. The van der Waals surface area contributed by atoms with Crippen LogP contribution in [0.3, 0.4) is 0 Å². The van der Waals surface area contributed by atoms with Gasteiger partial charge >= 0.3 is 5.97 Å². The number of hydrogen-bond donors (Lipinski definition) is 1. The van der Waals surface area contributed by atoms with Crippen molar-refractivity contribution in [1.29, 1.82) is 0 Å². The van der Waals surface area contributed by atoms with Gasteiger partial charge in [-0.2, -0.15) is 0 Å². The monoisotopic (exact) mass is 263 g/mol. The molecule has 0 fully saturated rings. The Morgan fingerprint density at radius 3 is 2.21 bits per heavy atom. The summed E-state index contributed by atoms with van der Waals surface area (Å²) >= 11 is 0. The fourth-order valence-electron chi connectivity index (χ4n) is 1.87. The molecule has 0 aliphatic carbocycles. The van der Waals surface area contributed by atoms with E-state index in [4.69, 9.17) is 5.11 Å². The third-order valence-electron chi connectivity index (χ3n) is 2.80. The molecule has 19 heavy (non-hydrogen) atoms. The van der Waals surface area contributed by atoms with Crippen LogP contribution in [-0.2, 0) is 0 Å². The Hall–Kier alpha value is -1.84. The van der Waals surface area contributed by atoms with Gasteiger partial charge in [-0.25, -0.2) is 4.79 Å². The summed E-state index contributed by atoms with van der Waals surface area (Å²) in [6.07, 6.45) is 0. The predicted molar refractivity (Wildman–Crippen MR) is 74.4 cm³/mol. The molecule has 0 spiro atoms. The first-order chi connectivity index (χ1) is 8.82. The van der Waals surface area contributed by atoms with Crippen LogP contribution in [0.2, 0.25) is 0 Å². The van der Waals surface area contributed by atoms with Gasteiger partial charge in [0.15, 0.2) is 0 Å². The van der Waals surface area contributed by atoms with Gasteiger partial charge in [0.05, 0.1) is 5.56 Å². The SMILES string of the molecule is CC(C)CN(C(=O)c1cccc(C(=O)O)c1)C(C)C. The lowest BCUT2D eigenvalue weighted by Gasteiger charge is -2.28. The van der Waals surface area contributed by atoms with Gasteiger partial charge < -0.3 is 10.0 Å². The van der Waals surface area contributed by atoms with Gasteiger partial charge in [0.1, 0.15) is 0 Å². The van der Waals surface area contributed by atoms with Crippen LogP contribution in [0.25, 0.3) is 0 Å². The Kier molecular flexibility index (Phi) is 5.10. The van der Waals surface area contributed by atoms with Crippen LogP contribution >= 0.6 is 0 Å². The molecule has 0 radical (unpaired) electrons. The zero-order valence-corrected chi connectivity index (χ0v) is 11.9. The molecular formula is C15H21NO3. The van der Waals surface area contributed by atoms with Crippen molar-refractivity contribution < 1.29 is 14.7 Å². The van der Waals surface area contributed by atoms with Crippen molar-refractivity contribution in [3.05, 3.63) is 35.4 Å². The van der Waals surface area contributed by atoms with Crippen molar-refractivity contribution in [1.82, 2.24) is 4.90 Å². The van der Waals surface area contributed by atoms with E-state index in [9.17, 15) is 9.59 Å². The zero-order valence-electron chi connectivity index (χ0n) is 11.9. The molecule has 0 bridgehead atoms. The fraction of sp³-hybridized carbons (Fsp3) is 0.467. The van der Waals surface area contributed by atoms with E-state index >= 15 is 0 Å². The average molecular weight is 263 g/mol. The first-order valence-electron chi connectivity index (χ1n) is 6.47. The smallest absolute Gasteiger partial charge is 0.335 e. The second kappa shape index (κ2) is 6.36. The number of rotatable bonds is 5. The van der Waals surface area contributed by atoms with E-state index < -0.39 is 5.97 Å². The Morgan fingerprint density at radius 1 is 1.16 bits per heavy atom. The fourth-order valence-corrected chi connectivity index (χ4v) is 1.87. The highest BCUT2D eigenvalue weighted by molar-refractivity contribution is 5.97. The van der Waals surface area contributed by atoms with Gasteiger partial charge in [-0.3, -0.25) is 4.79 Å². The minimum Gasteiger partial charge on any atom is -0.478 e. The van der Waals surface area contributed by atoms with E-state index in [0.29, 0.717) is 18.0 Å². The Balaban J connectivity index is 3.02. The van der Waals surface area contributed by atoms with E-state index in [1.165, 1.54) is 12.1 Å². The Labute approximate surface area is 114 Å². The van der Waals surface area contributed by atoms with Crippen LogP contribution in [0.4, 0.5) is 0 Å². The molecule has 0 saturated heterocycles. The van der Waals surface area contributed by atoms with E-state index in [1.807, 2.05) is 13.8 Å². The number of carboxylic acid groups (broad SMARTS) is 1.